The van der Waals surface area contributed by atoms with Crippen LogP contribution < -0.4 is 15.4 Å². The van der Waals surface area contributed by atoms with Crippen LogP contribution in [0.1, 0.15) is 11.4 Å². The van der Waals surface area contributed by atoms with Crippen LogP contribution in [0.5, 0.6) is 5.75 Å². The van der Waals surface area contributed by atoms with Crippen molar-refractivity contribution in [3.05, 3.63) is 72.6 Å². The van der Waals surface area contributed by atoms with Crippen LogP contribution >= 0.6 is 11.8 Å². The second-order valence-corrected chi connectivity index (χ2v) is 7.85. The van der Waals surface area contributed by atoms with Crippen molar-refractivity contribution in [1.29, 1.82) is 0 Å². The predicted molar refractivity (Wildman–Crippen MR) is 126 cm³/mol. The Morgan fingerprint density at radius 2 is 1.94 bits per heavy atom. The molecule has 166 valence electrons. The van der Waals surface area contributed by atoms with Gasteiger partial charge >= 0.3 is 0 Å². The molecule has 2 N–H and O–H groups in total. The minimum Gasteiger partial charge on any atom is -0.497 e. The number of hydrogen-bond donors (Lipinski definition) is 2. The first-order valence-corrected chi connectivity index (χ1v) is 10.9. The summed E-state index contributed by atoms with van der Waals surface area (Å²) in [6, 6.07) is 14.7. The van der Waals surface area contributed by atoms with E-state index in [0.717, 1.165) is 11.3 Å². The summed E-state index contributed by atoms with van der Waals surface area (Å²) in [5.41, 5.74) is 2.40. The number of aromatic nitrogens is 3. The molecule has 0 aliphatic carbocycles. The number of thioether (sulfide) groups is 1. The number of methoxy groups -OCH3 is 1. The molecule has 8 nitrogen and oxygen atoms in total. The van der Waals surface area contributed by atoms with Gasteiger partial charge in [0, 0.05) is 24.0 Å². The highest BCUT2D eigenvalue weighted by Gasteiger charge is 2.17. The van der Waals surface area contributed by atoms with E-state index in [-0.39, 0.29) is 24.0 Å². The predicted octanol–water partition coefficient (Wildman–Crippen LogP) is 3.69. The molecule has 32 heavy (non-hydrogen) atoms. The highest BCUT2D eigenvalue weighted by molar-refractivity contribution is 7.99. The lowest BCUT2D eigenvalue weighted by molar-refractivity contribution is -0.116. The first kappa shape index (κ1) is 23.1. The van der Waals surface area contributed by atoms with Gasteiger partial charge in [-0.2, -0.15) is 0 Å². The standard InChI is InChI=1S/C23H25N5O3S/c1-4-12-28-20(14-21(29)24-17-9-7-10-18(13-17)31-3)26-27-23(28)32-15-22(30)25-19-11-6-5-8-16(19)2/h4-11,13H,1,12,14-15H2,2-3H3,(H,24,29)(H,25,30). The van der Waals surface area contributed by atoms with Crippen molar-refractivity contribution in [2.45, 2.75) is 25.0 Å². The van der Waals surface area contributed by atoms with E-state index in [9.17, 15) is 9.59 Å². The molecule has 0 unspecified atom stereocenters. The Morgan fingerprint density at radius 3 is 2.69 bits per heavy atom. The van der Waals surface area contributed by atoms with Gasteiger partial charge in [-0.3, -0.25) is 9.59 Å². The van der Waals surface area contributed by atoms with E-state index in [1.54, 1.807) is 42.0 Å². The van der Waals surface area contributed by atoms with E-state index in [2.05, 4.69) is 27.4 Å². The average Bonchev–Trinajstić information content (AvgIpc) is 3.15. The number of ether oxygens (including phenoxy) is 1. The second-order valence-electron chi connectivity index (χ2n) is 6.91. The zero-order valence-electron chi connectivity index (χ0n) is 18.0. The van der Waals surface area contributed by atoms with E-state index in [1.807, 2.05) is 31.2 Å². The Hall–Kier alpha value is -3.59. The molecule has 0 radical (unpaired) electrons. The molecule has 3 rings (SSSR count). The number of benzene rings is 2. The summed E-state index contributed by atoms with van der Waals surface area (Å²) in [6.07, 6.45) is 1.73. The number of allylic oxidation sites excluding steroid dienone is 1. The van der Waals surface area contributed by atoms with Gasteiger partial charge in [-0.25, -0.2) is 0 Å². The van der Waals surface area contributed by atoms with Gasteiger partial charge in [0.15, 0.2) is 5.16 Å². The molecule has 0 atom stereocenters. The van der Waals surface area contributed by atoms with Crippen molar-refractivity contribution < 1.29 is 14.3 Å². The van der Waals surface area contributed by atoms with Crippen molar-refractivity contribution in [2.24, 2.45) is 0 Å². The zero-order valence-corrected chi connectivity index (χ0v) is 18.8. The van der Waals surface area contributed by atoms with Gasteiger partial charge in [-0.1, -0.05) is 42.1 Å². The Morgan fingerprint density at radius 1 is 1.12 bits per heavy atom. The van der Waals surface area contributed by atoms with Gasteiger partial charge in [0.05, 0.1) is 19.3 Å². The van der Waals surface area contributed by atoms with E-state index in [0.29, 0.717) is 29.0 Å². The molecule has 0 aliphatic heterocycles. The summed E-state index contributed by atoms with van der Waals surface area (Å²) in [5.74, 6) is 0.937. The van der Waals surface area contributed by atoms with Gasteiger partial charge in [0.2, 0.25) is 11.8 Å². The van der Waals surface area contributed by atoms with Crippen molar-refractivity contribution in [3.63, 3.8) is 0 Å². The quantitative estimate of drug-likeness (QED) is 0.360. The number of hydrogen-bond acceptors (Lipinski definition) is 6. The number of nitrogens with zero attached hydrogens (tertiary/aromatic N) is 3. The van der Waals surface area contributed by atoms with E-state index < -0.39 is 0 Å². The molecule has 1 heterocycles. The molecule has 2 aromatic carbocycles. The Labute approximate surface area is 191 Å². The van der Waals surface area contributed by atoms with Crippen LogP contribution in [0.3, 0.4) is 0 Å². The van der Waals surface area contributed by atoms with Crippen molar-refractivity contribution >= 4 is 35.0 Å². The lowest BCUT2D eigenvalue weighted by Gasteiger charge is -2.10. The summed E-state index contributed by atoms with van der Waals surface area (Å²) in [6.45, 7) is 6.13. The molecular weight excluding hydrogens is 426 g/mol. The highest BCUT2D eigenvalue weighted by atomic mass is 32.2. The number of amides is 2. The average molecular weight is 452 g/mol. The Bertz CT molecular complexity index is 1110. The van der Waals surface area contributed by atoms with Crippen LogP contribution in [0.2, 0.25) is 0 Å². The van der Waals surface area contributed by atoms with Gasteiger partial charge in [-0.05, 0) is 30.7 Å². The zero-order chi connectivity index (χ0) is 22.9. The fraction of sp³-hybridized carbons (Fsp3) is 0.217. The van der Waals surface area contributed by atoms with E-state index in [1.165, 1.54) is 11.8 Å². The van der Waals surface area contributed by atoms with Gasteiger partial charge in [-0.15, -0.1) is 16.8 Å². The summed E-state index contributed by atoms with van der Waals surface area (Å²) in [4.78, 5) is 24.9. The van der Waals surface area contributed by atoms with Crippen molar-refractivity contribution in [1.82, 2.24) is 14.8 Å². The maximum Gasteiger partial charge on any atom is 0.234 e. The molecule has 2 amide bonds. The SMILES string of the molecule is C=CCn1c(CC(=O)Nc2cccc(OC)c2)nnc1SCC(=O)Nc1ccccc1C. The number of carbonyl (C=O) groups is 2. The number of nitrogens with one attached hydrogen (secondary N) is 2. The molecule has 0 fully saturated rings. The van der Waals surface area contributed by atoms with Gasteiger partial charge in [0.25, 0.3) is 0 Å². The molecule has 0 bridgehead atoms. The van der Waals surface area contributed by atoms with Crippen LogP contribution in [0.4, 0.5) is 11.4 Å². The molecular formula is C23H25N5O3S. The first-order chi connectivity index (χ1) is 15.5. The van der Waals surface area contributed by atoms with Gasteiger partial charge in [0.1, 0.15) is 11.6 Å². The summed E-state index contributed by atoms with van der Waals surface area (Å²) >= 11 is 1.26. The third-order valence-corrected chi connectivity index (χ3v) is 5.50. The van der Waals surface area contributed by atoms with Crippen LogP contribution in [-0.2, 0) is 22.6 Å². The number of rotatable bonds is 10. The summed E-state index contributed by atoms with van der Waals surface area (Å²) < 4.78 is 6.96. The molecule has 9 heteroatoms. The van der Waals surface area contributed by atoms with Crippen LogP contribution in [0.25, 0.3) is 0 Å². The molecule has 3 aromatic rings. The van der Waals surface area contributed by atoms with Crippen molar-refractivity contribution in [3.8, 4) is 5.75 Å². The maximum absolute atomic E-state index is 12.5. The molecule has 0 aliphatic rings. The molecule has 0 spiro atoms. The Balaban J connectivity index is 1.62. The van der Waals surface area contributed by atoms with E-state index in [4.69, 9.17) is 4.74 Å². The largest absolute Gasteiger partial charge is 0.497 e. The van der Waals surface area contributed by atoms with Crippen LogP contribution in [0, 0.1) is 6.92 Å². The fourth-order valence-electron chi connectivity index (χ4n) is 2.95. The third-order valence-electron chi connectivity index (χ3n) is 4.53. The lowest BCUT2D eigenvalue weighted by atomic mass is 10.2. The minimum absolute atomic E-state index is 0.0357. The van der Waals surface area contributed by atoms with E-state index >= 15 is 0 Å². The number of anilines is 2. The monoisotopic (exact) mass is 451 g/mol. The number of aryl methyl sites for hydroxylation is 1. The summed E-state index contributed by atoms with van der Waals surface area (Å²) in [7, 11) is 1.57. The highest BCUT2D eigenvalue weighted by Crippen LogP contribution is 2.20. The molecule has 1 aromatic heterocycles. The van der Waals surface area contributed by atoms with Crippen LogP contribution in [-0.4, -0.2) is 39.4 Å². The fourth-order valence-corrected chi connectivity index (χ4v) is 3.71. The smallest absolute Gasteiger partial charge is 0.234 e. The third kappa shape index (κ3) is 6.21. The maximum atomic E-state index is 12.5. The number of carbonyl (C=O) groups excluding carboxylic acids is 2. The normalized spacial score (nSPS) is 10.4. The van der Waals surface area contributed by atoms with Gasteiger partial charge < -0.3 is 19.9 Å². The minimum atomic E-state index is -0.232. The second kappa shape index (κ2) is 11.1. The lowest BCUT2D eigenvalue weighted by Crippen LogP contribution is -2.18. The first-order valence-electron chi connectivity index (χ1n) is 9.95. The topological polar surface area (TPSA) is 98.1 Å². The van der Waals surface area contributed by atoms with Crippen LogP contribution in [0.15, 0.2) is 66.3 Å². The molecule has 0 saturated carbocycles. The summed E-state index contributed by atoms with van der Waals surface area (Å²) in [5, 5.41) is 14.6. The van der Waals surface area contributed by atoms with Crippen molar-refractivity contribution in [2.75, 3.05) is 23.5 Å². The Kier molecular flexibility index (Phi) is 8.04. The number of para-hydroxylation sites is 1. The molecule has 0 saturated heterocycles.